The van der Waals surface area contributed by atoms with Gasteiger partial charge >= 0.3 is 0 Å². The molecule has 2 aromatic carbocycles. The zero-order chi connectivity index (χ0) is 18.4. The summed E-state index contributed by atoms with van der Waals surface area (Å²) in [5.74, 6) is -0.262. The second kappa shape index (κ2) is 6.15. The predicted molar refractivity (Wildman–Crippen MR) is 106 cm³/mol. The quantitative estimate of drug-likeness (QED) is 0.385. The molecule has 4 aromatic rings. The van der Waals surface area contributed by atoms with E-state index in [2.05, 4.69) is 16.4 Å². The highest BCUT2D eigenvalue weighted by Crippen LogP contribution is 2.32. The first-order valence-corrected chi connectivity index (χ1v) is 9.41. The van der Waals surface area contributed by atoms with Gasteiger partial charge < -0.3 is 0 Å². The molecule has 0 saturated carbocycles. The Hall–Kier alpha value is -2.84. The SMILES string of the molecule is Cc1cc(C)c2nc(NC(=O)c3cc4cc([N+](=O)[O-])ccc4s3)sc2c1. The third-order valence-corrected chi connectivity index (χ3v) is 6.02. The van der Waals surface area contributed by atoms with Crippen LogP contribution in [0.1, 0.15) is 20.8 Å². The minimum atomic E-state index is -0.442. The molecule has 0 fully saturated rings. The third kappa shape index (κ3) is 2.93. The van der Waals surface area contributed by atoms with Gasteiger partial charge in [0, 0.05) is 22.2 Å². The molecule has 0 atom stereocenters. The van der Waals surface area contributed by atoms with Crippen molar-refractivity contribution in [2.24, 2.45) is 0 Å². The molecule has 0 radical (unpaired) electrons. The van der Waals surface area contributed by atoms with Crippen molar-refractivity contribution < 1.29 is 9.72 Å². The summed E-state index contributed by atoms with van der Waals surface area (Å²) in [6, 6.07) is 10.4. The van der Waals surface area contributed by atoms with Crippen molar-refractivity contribution >= 4 is 59.7 Å². The summed E-state index contributed by atoms with van der Waals surface area (Å²) in [7, 11) is 0. The highest BCUT2D eigenvalue weighted by molar-refractivity contribution is 7.23. The van der Waals surface area contributed by atoms with E-state index < -0.39 is 4.92 Å². The molecule has 1 amide bonds. The van der Waals surface area contributed by atoms with Gasteiger partial charge in [-0.1, -0.05) is 17.4 Å². The fraction of sp³-hybridized carbons (Fsp3) is 0.111. The van der Waals surface area contributed by atoms with Crippen molar-refractivity contribution in [1.82, 2.24) is 4.98 Å². The van der Waals surface area contributed by atoms with E-state index in [4.69, 9.17) is 0 Å². The average molecular weight is 383 g/mol. The molecule has 0 aliphatic carbocycles. The number of thiophene rings is 1. The molecule has 0 aliphatic heterocycles. The van der Waals surface area contributed by atoms with E-state index in [0.717, 1.165) is 26.0 Å². The molecule has 130 valence electrons. The predicted octanol–water partition coefficient (Wildman–Crippen LogP) is 5.29. The van der Waals surface area contributed by atoms with E-state index in [1.54, 1.807) is 12.1 Å². The van der Waals surface area contributed by atoms with Gasteiger partial charge in [-0.3, -0.25) is 20.2 Å². The van der Waals surface area contributed by atoms with Crippen LogP contribution in [0, 0.1) is 24.0 Å². The first-order valence-electron chi connectivity index (χ1n) is 7.78. The number of fused-ring (bicyclic) bond motifs is 2. The maximum Gasteiger partial charge on any atom is 0.270 e. The van der Waals surface area contributed by atoms with Crippen molar-refractivity contribution in [2.75, 3.05) is 5.32 Å². The summed E-state index contributed by atoms with van der Waals surface area (Å²) in [4.78, 5) is 28.0. The van der Waals surface area contributed by atoms with Crippen LogP contribution in [0.4, 0.5) is 10.8 Å². The molecule has 6 nitrogen and oxygen atoms in total. The summed E-state index contributed by atoms with van der Waals surface area (Å²) < 4.78 is 1.86. The fourth-order valence-electron chi connectivity index (χ4n) is 2.84. The van der Waals surface area contributed by atoms with Crippen LogP contribution in [-0.4, -0.2) is 15.8 Å². The number of aryl methyl sites for hydroxylation is 2. The van der Waals surface area contributed by atoms with E-state index in [1.807, 2.05) is 19.9 Å². The van der Waals surface area contributed by atoms with E-state index in [0.29, 0.717) is 15.4 Å². The lowest BCUT2D eigenvalue weighted by atomic mass is 10.1. The Labute approximate surface area is 156 Å². The van der Waals surface area contributed by atoms with Crippen LogP contribution < -0.4 is 5.32 Å². The van der Waals surface area contributed by atoms with Gasteiger partial charge in [0.25, 0.3) is 11.6 Å². The lowest BCUT2D eigenvalue weighted by Crippen LogP contribution is -2.09. The third-order valence-electron chi connectivity index (χ3n) is 3.98. The molecule has 0 unspecified atom stereocenters. The number of nitrogens with zero attached hydrogens (tertiary/aromatic N) is 2. The largest absolute Gasteiger partial charge is 0.297 e. The number of thiazole rings is 1. The maximum atomic E-state index is 12.6. The monoisotopic (exact) mass is 383 g/mol. The molecule has 26 heavy (non-hydrogen) atoms. The van der Waals surface area contributed by atoms with Crippen LogP contribution in [0.5, 0.6) is 0 Å². The second-order valence-electron chi connectivity index (χ2n) is 5.99. The first kappa shape index (κ1) is 16.6. The van der Waals surface area contributed by atoms with Gasteiger partial charge in [-0.25, -0.2) is 4.98 Å². The van der Waals surface area contributed by atoms with Crippen LogP contribution in [0.15, 0.2) is 36.4 Å². The van der Waals surface area contributed by atoms with Gasteiger partial charge in [0.2, 0.25) is 0 Å². The van der Waals surface area contributed by atoms with E-state index in [1.165, 1.54) is 34.8 Å². The number of non-ortho nitro benzene ring substituents is 1. The summed E-state index contributed by atoms with van der Waals surface area (Å²) >= 11 is 2.73. The van der Waals surface area contributed by atoms with Gasteiger partial charge in [-0.15, -0.1) is 11.3 Å². The number of benzene rings is 2. The summed E-state index contributed by atoms with van der Waals surface area (Å²) in [6.07, 6.45) is 0. The van der Waals surface area contributed by atoms with Gasteiger partial charge in [0.15, 0.2) is 5.13 Å². The van der Waals surface area contributed by atoms with Gasteiger partial charge in [-0.2, -0.15) is 0 Å². The number of amides is 1. The molecule has 0 spiro atoms. The zero-order valence-electron chi connectivity index (χ0n) is 13.9. The zero-order valence-corrected chi connectivity index (χ0v) is 15.5. The number of carbonyl (C=O) groups excluding carboxylic acids is 1. The van der Waals surface area contributed by atoms with E-state index in [-0.39, 0.29) is 11.6 Å². The molecule has 0 aliphatic rings. The van der Waals surface area contributed by atoms with Crippen LogP contribution in [-0.2, 0) is 0 Å². The van der Waals surface area contributed by atoms with Crippen LogP contribution >= 0.6 is 22.7 Å². The Balaban J connectivity index is 1.64. The van der Waals surface area contributed by atoms with Crippen molar-refractivity contribution in [3.8, 4) is 0 Å². The Morgan fingerprint density at radius 3 is 2.69 bits per heavy atom. The first-order chi connectivity index (χ1) is 12.4. The standard InChI is InChI=1S/C18H13N3O3S2/c1-9-5-10(2)16-14(6-9)26-18(19-16)20-17(22)15-8-11-7-12(21(23)24)3-4-13(11)25-15/h3-8H,1-2H3,(H,19,20,22). The smallest absolute Gasteiger partial charge is 0.270 e. The molecule has 0 saturated heterocycles. The molecule has 1 N–H and O–H groups in total. The number of rotatable bonds is 3. The van der Waals surface area contributed by atoms with Gasteiger partial charge in [0.1, 0.15) is 0 Å². The highest BCUT2D eigenvalue weighted by atomic mass is 32.1. The minimum Gasteiger partial charge on any atom is -0.297 e. The van der Waals surface area contributed by atoms with Crippen molar-refractivity contribution in [3.63, 3.8) is 0 Å². The second-order valence-corrected chi connectivity index (χ2v) is 8.11. The Bertz CT molecular complexity index is 1190. The molecule has 2 heterocycles. The number of carbonyl (C=O) groups is 1. The molecular formula is C18H13N3O3S2. The van der Waals surface area contributed by atoms with Crippen LogP contribution in [0.2, 0.25) is 0 Å². The lowest BCUT2D eigenvalue weighted by molar-refractivity contribution is -0.384. The summed E-state index contributed by atoms with van der Waals surface area (Å²) in [5.41, 5.74) is 3.13. The average Bonchev–Trinajstić information content (AvgIpc) is 3.17. The highest BCUT2D eigenvalue weighted by Gasteiger charge is 2.15. The Kier molecular flexibility index (Phi) is 3.93. The normalized spacial score (nSPS) is 11.2. The van der Waals surface area contributed by atoms with E-state index >= 15 is 0 Å². The van der Waals surface area contributed by atoms with Crippen molar-refractivity contribution in [3.05, 3.63) is 62.5 Å². The number of hydrogen-bond acceptors (Lipinski definition) is 6. The summed E-state index contributed by atoms with van der Waals surface area (Å²) in [6.45, 7) is 4.03. The minimum absolute atomic E-state index is 0.0132. The van der Waals surface area contributed by atoms with Crippen LogP contribution in [0.3, 0.4) is 0 Å². The van der Waals surface area contributed by atoms with E-state index in [9.17, 15) is 14.9 Å². The molecule has 0 bridgehead atoms. The molecule has 4 rings (SSSR count). The number of anilines is 1. The van der Waals surface area contributed by atoms with Crippen molar-refractivity contribution in [2.45, 2.75) is 13.8 Å². The number of hydrogen-bond donors (Lipinski definition) is 1. The Morgan fingerprint density at radius 1 is 1.12 bits per heavy atom. The van der Waals surface area contributed by atoms with Crippen LogP contribution in [0.25, 0.3) is 20.3 Å². The molecular weight excluding hydrogens is 370 g/mol. The topological polar surface area (TPSA) is 85.1 Å². The van der Waals surface area contributed by atoms with Gasteiger partial charge in [0.05, 0.1) is 20.0 Å². The maximum absolute atomic E-state index is 12.6. The number of nitro benzene ring substituents is 1. The Morgan fingerprint density at radius 2 is 1.92 bits per heavy atom. The van der Waals surface area contributed by atoms with Crippen molar-refractivity contribution in [1.29, 1.82) is 0 Å². The molecule has 2 aromatic heterocycles. The fourth-order valence-corrected chi connectivity index (χ4v) is 4.81. The van der Waals surface area contributed by atoms with Gasteiger partial charge in [-0.05, 0) is 43.2 Å². The number of nitro groups is 1. The molecule has 8 heteroatoms. The summed E-state index contributed by atoms with van der Waals surface area (Å²) in [5, 5.41) is 15.0. The lowest BCUT2D eigenvalue weighted by Gasteiger charge is -1.97. The number of aromatic nitrogens is 1. The number of nitrogens with one attached hydrogen (secondary N) is 1.